The van der Waals surface area contributed by atoms with Gasteiger partial charge in [-0.15, -0.1) is 5.10 Å². The Labute approximate surface area is 117 Å². The summed E-state index contributed by atoms with van der Waals surface area (Å²) in [7, 11) is 1.74. The molecule has 0 saturated carbocycles. The van der Waals surface area contributed by atoms with Crippen LogP contribution in [0.5, 0.6) is 0 Å². The third kappa shape index (κ3) is 2.07. The van der Waals surface area contributed by atoms with Crippen LogP contribution < -0.4 is 11.1 Å². The molecular weight excluding hydrogens is 288 g/mol. The van der Waals surface area contributed by atoms with Crippen molar-refractivity contribution in [3.8, 4) is 0 Å². The van der Waals surface area contributed by atoms with Crippen LogP contribution in [0.15, 0.2) is 22.2 Å². The van der Waals surface area contributed by atoms with Gasteiger partial charge in [0.15, 0.2) is 0 Å². The summed E-state index contributed by atoms with van der Waals surface area (Å²) in [5, 5.41) is 15.0. The minimum absolute atomic E-state index is 0.228. The van der Waals surface area contributed by atoms with Gasteiger partial charge in [-0.05, 0) is 34.3 Å². The summed E-state index contributed by atoms with van der Waals surface area (Å²) in [6, 6.07) is 2.82. The summed E-state index contributed by atoms with van der Waals surface area (Å²) in [6.45, 7) is 0. The Kier molecular flexibility index (Phi) is 2.92. The van der Waals surface area contributed by atoms with E-state index in [0.717, 1.165) is 4.90 Å². The van der Waals surface area contributed by atoms with Gasteiger partial charge in [-0.1, -0.05) is 11.6 Å². The van der Waals surface area contributed by atoms with E-state index in [2.05, 4.69) is 20.8 Å². The van der Waals surface area contributed by atoms with E-state index in [1.54, 1.807) is 23.9 Å². The molecule has 19 heavy (non-hydrogen) atoms. The zero-order valence-corrected chi connectivity index (χ0v) is 11.4. The minimum atomic E-state index is -0.664. The van der Waals surface area contributed by atoms with Crippen molar-refractivity contribution in [1.82, 2.24) is 20.2 Å². The quantitative estimate of drug-likeness (QED) is 0.856. The maximum atomic E-state index is 11.5. The zero-order valence-electron chi connectivity index (χ0n) is 9.79. The van der Waals surface area contributed by atoms with E-state index in [1.807, 2.05) is 0 Å². The van der Waals surface area contributed by atoms with Gasteiger partial charge < -0.3 is 11.1 Å². The van der Waals surface area contributed by atoms with Gasteiger partial charge in [0.25, 0.3) is 0 Å². The summed E-state index contributed by atoms with van der Waals surface area (Å²) in [4.78, 5) is 12.3. The first-order valence-corrected chi connectivity index (χ1v) is 6.56. The van der Waals surface area contributed by atoms with E-state index in [-0.39, 0.29) is 5.91 Å². The number of amides is 1. The number of carbonyl (C=O) groups excluding carboxylic acids is 1. The van der Waals surface area contributed by atoms with Crippen molar-refractivity contribution in [3.63, 3.8) is 0 Å². The molecule has 3 rings (SSSR count). The Morgan fingerprint density at radius 3 is 3.00 bits per heavy atom. The molecule has 2 aromatic rings. The fourth-order valence-corrected chi connectivity index (χ4v) is 2.83. The van der Waals surface area contributed by atoms with Crippen LogP contribution >= 0.6 is 23.4 Å². The highest BCUT2D eigenvalue weighted by Crippen LogP contribution is 2.39. The minimum Gasteiger partial charge on any atom is -0.324 e. The summed E-state index contributed by atoms with van der Waals surface area (Å²) >= 11 is 7.52. The first-order valence-electron chi connectivity index (χ1n) is 5.36. The van der Waals surface area contributed by atoms with E-state index in [0.29, 0.717) is 21.4 Å². The molecule has 1 aliphatic heterocycles. The van der Waals surface area contributed by atoms with Gasteiger partial charge >= 0.3 is 0 Å². The molecule has 0 spiro atoms. The number of nitrogens with zero attached hydrogens (tertiary/aromatic N) is 4. The molecule has 0 bridgehead atoms. The van der Waals surface area contributed by atoms with Crippen LogP contribution in [-0.2, 0) is 11.8 Å². The van der Waals surface area contributed by atoms with E-state index < -0.39 is 6.04 Å². The number of nitrogens with two attached hydrogens (primary N) is 1. The van der Waals surface area contributed by atoms with Crippen LogP contribution in [0.25, 0.3) is 0 Å². The molecule has 0 aliphatic carbocycles. The molecular formula is C10H9ClN6OS. The van der Waals surface area contributed by atoms with Gasteiger partial charge in [-0.25, -0.2) is 4.68 Å². The number of benzene rings is 1. The number of tetrazole rings is 1. The first kappa shape index (κ1) is 12.4. The average molecular weight is 297 g/mol. The van der Waals surface area contributed by atoms with E-state index in [9.17, 15) is 4.79 Å². The van der Waals surface area contributed by atoms with Crippen LogP contribution in [0.4, 0.5) is 5.69 Å². The lowest BCUT2D eigenvalue weighted by Gasteiger charge is -2.07. The molecule has 1 aromatic carbocycles. The number of anilines is 1. The number of halogens is 1. The van der Waals surface area contributed by atoms with Crippen molar-refractivity contribution in [2.24, 2.45) is 12.8 Å². The Bertz CT molecular complexity index is 672. The maximum Gasteiger partial charge on any atom is 0.245 e. The normalized spacial score (nSPS) is 17.4. The second-order valence-corrected chi connectivity index (χ2v) is 5.44. The van der Waals surface area contributed by atoms with Crippen molar-refractivity contribution in [2.75, 3.05) is 5.32 Å². The third-order valence-electron chi connectivity index (χ3n) is 2.76. The van der Waals surface area contributed by atoms with Gasteiger partial charge in [-0.2, -0.15) is 0 Å². The van der Waals surface area contributed by atoms with E-state index in [4.69, 9.17) is 17.3 Å². The fraction of sp³-hybridized carbons (Fsp3) is 0.200. The maximum absolute atomic E-state index is 11.5. The summed E-state index contributed by atoms with van der Waals surface area (Å²) in [6.07, 6.45) is 0. The lowest BCUT2D eigenvalue weighted by Crippen LogP contribution is -2.19. The second-order valence-electron chi connectivity index (χ2n) is 4.02. The average Bonchev–Trinajstić information content (AvgIpc) is 2.88. The van der Waals surface area contributed by atoms with Gasteiger partial charge in [-0.3, -0.25) is 4.79 Å². The number of hydrogen-bond donors (Lipinski definition) is 2. The van der Waals surface area contributed by atoms with Crippen molar-refractivity contribution >= 4 is 35.0 Å². The molecule has 1 aliphatic rings. The summed E-state index contributed by atoms with van der Waals surface area (Å²) in [5.74, 6) is -0.228. The van der Waals surface area contributed by atoms with Crippen LogP contribution in [0, 0.1) is 0 Å². The number of fused-ring (bicyclic) bond motifs is 1. The Morgan fingerprint density at radius 2 is 2.32 bits per heavy atom. The van der Waals surface area contributed by atoms with Crippen LogP contribution in [0.1, 0.15) is 11.6 Å². The van der Waals surface area contributed by atoms with Crippen LogP contribution in [0.2, 0.25) is 5.02 Å². The molecule has 1 amide bonds. The molecule has 1 unspecified atom stereocenters. The molecule has 0 radical (unpaired) electrons. The Morgan fingerprint density at radius 1 is 1.53 bits per heavy atom. The number of carbonyl (C=O) groups is 1. The number of aryl methyl sites for hydroxylation is 1. The van der Waals surface area contributed by atoms with E-state index >= 15 is 0 Å². The van der Waals surface area contributed by atoms with Gasteiger partial charge in [0.05, 0.1) is 5.02 Å². The SMILES string of the molecule is Cn1nnnc1Sc1cc2c(cc1Cl)C(N)C(=O)N2. The van der Waals surface area contributed by atoms with Gasteiger partial charge in [0.2, 0.25) is 11.1 Å². The second kappa shape index (κ2) is 4.48. The number of aromatic nitrogens is 4. The number of rotatable bonds is 2. The van der Waals surface area contributed by atoms with Crippen molar-refractivity contribution in [1.29, 1.82) is 0 Å². The highest BCUT2D eigenvalue weighted by Gasteiger charge is 2.28. The predicted molar refractivity (Wildman–Crippen MR) is 69.9 cm³/mol. The lowest BCUT2D eigenvalue weighted by molar-refractivity contribution is -0.116. The summed E-state index contributed by atoms with van der Waals surface area (Å²) < 4.78 is 1.54. The molecule has 9 heteroatoms. The molecule has 0 fully saturated rings. The zero-order chi connectivity index (χ0) is 13.6. The number of nitrogens with one attached hydrogen (secondary N) is 1. The smallest absolute Gasteiger partial charge is 0.245 e. The molecule has 1 aromatic heterocycles. The fourth-order valence-electron chi connectivity index (χ4n) is 1.77. The molecule has 98 valence electrons. The monoisotopic (exact) mass is 296 g/mol. The molecule has 1 atom stereocenters. The molecule has 7 nitrogen and oxygen atoms in total. The van der Waals surface area contributed by atoms with Crippen molar-refractivity contribution in [2.45, 2.75) is 16.1 Å². The Hall–Kier alpha value is -1.64. The topological polar surface area (TPSA) is 98.7 Å². The van der Waals surface area contributed by atoms with Crippen LogP contribution in [0.3, 0.4) is 0 Å². The summed E-state index contributed by atoms with van der Waals surface area (Å²) in [5.41, 5.74) is 7.14. The lowest BCUT2D eigenvalue weighted by atomic mass is 10.1. The Balaban J connectivity index is 1.99. The highest BCUT2D eigenvalue weighted by atomic mass is 35.5. The molecule has 2 heterocycles. The predicted octanol–water partition coefficient (Wildman–Crippen LogP) is 0.967. The van der Waals surface area contributed by atoms with Crippen molar-refractivity contribution < 1.29 is 4.79 Å². The highest BCUT2D eigenvalue weighted by molar-refractivity contribution is 7.99. The number of hydrogen-bond acceptors (Lipinski definition) is 6. The third-order valence-corrected chi connectivity index (χ3v) is 4.27. The molecule has 3 N–H and O–H groups in total. The van der Waals surface area contributed by atoms with Crippen LogP contribution in [-0.4, -0.2) is 26.1 Å². The van der Waals surface area contributed by atoms with Gasteiger partial charge in [0.1, 0.15) is 6.04 Å². The van der Waals surface area contributed by atoms with Crippen molar-refractivity contribution in [3.05, 3.63) is 22.7 Å². The molecule has 0 saturated heterocycles. The van der Waals surface area contributed by atoms with Gasteiger partial charge in [0, 0.05) is 23.2 Å². The largest absolute Gasteiger partial charge is 0.324 e. The van der Waals surface area contributed by atoms with E-state index in [1.165, 1.54) is 11.8 Å². The standard InChI is InChI=1S/C10H9ClN6OS/c1-17-10(14-15-16-17)19-7-3-6-4(2-5(7)11)8(12)9(18)13-6/h2-3,8H,12H2,1H3,(H,13,18). The first-order chi connectivity index (χ1) is 9.06.